The highest BCUT2D eigenvalue weighted by atomic mass is 32.1. The van der Waals surface area contributed by atoms with Gasteiger partial charge in [0, 0.05) is 23.5 Å². The summed E-state index contributed by atoms with van der Waals surface area (Å²) in [5.41, 5.74) is 0.671. The van der Waals surface area contributed by atoms with E-state index in [4.69, 9.17) is 0 Å². The third-order valence-corrected chi connectivity index (χ3v) is 4.76. The van der Waals surface area contributed by atoms with Crippen LogP contribution in [0.4, 0.5) is 5.69 Å². The van der Waals surface area contributed by atoms with Gasteiger partial charge in [-0.15, -0.1) is 11.3 Å². The maximum Gasteiger partial charge on any atom is 0.261 e. The molecule has 0 spiro atoms. The van der Waals surface area contributed by atoms with Gasteiger partial charge in [-0.3, -0.25) is 14.4 Å². The lowest BCUT2D eigenvalue weighted by molar-refractivity contribution is -0.120. The van der Waals surface area contributed by atoms with E-state index in [1.165, 1.54) is 24.3 Å². The average Bonchev–Trinajstić information content (AvgIpc) is 2.81. The molecule has 2 amide bonds. The summed E-state index contributed by atoms with van der Waals surface area (Å²) in [5, 5.41) is 0. The topological polar surface area (TPSA) is 54.5 Å². The van der Waals surface area contributed by atoms with Crippen LogP contribution in [0.2, 0.25) is 0 Å². The Balaban J connectivity index is 2.57. The van der Waals surface area contributed by atoms with E-state index in [0.717, 1.165) is 9.78 Å². The highest BCUT2D eigenvalue weighted by Crippen LogP contribution is 2.39. The van der Waals surface area contributed by atoms with Gasteiger partial charge in [-0.25, -0.2) is 4.90 Å². The number of ketones is 1. The molecule has 106 valence electrons. The molecule has 1 aromatic heterocycles. The van der Waals surface area contributed by atoms with Crippen LogP contribution in [0.3, 0.4) is 0 Å². The fourth-order valence-electron chi connectivity index (χ4n) is 1.99. The van der Waals surface area contributed by atoms with E-state index in [-0.39, 0.29) is 23.0 Å². The van der Waals surface area contributed by atoms with E-state index in [2.05, 4.69) is 0 Å². The van der Waals surface area contributed by atoms with Crippen LogP contribution in [-0.4, -0.2) is 17.6 Å². The highest BCUT2D eigenvalue weighted by Gasteiger charge is 2.34. The molecule has 0 radical (unpaired) electrons. The zero-order chi connectivity index (χ0) is 15.2. The molecule has 0 bridgehead atoms. The number of nitrogens with zero attached hydrogens (tertiary/aromatic N) is 1. The molecular weight excluding hydrogens is 274 g/mol. The normalized spacial score (nSPS) is 15.8. The van der Waals surface area contributed by atoms with Crippen molar-refractivity contribution in [3.8, 4) is 0 Å². The first-order chi connectivity index (χ1) is 9.12. The number of Topliss-reactive ketones (excluding diaryl/α,β-unsaturated/α-hetero) is 1. The summed E-state index contributed by atoms with van der Waals surface area (Å²) >= 11 is 1.35. The van der Waals surface area contributed by atoms with Crippen molar-refractivity contribution >= 4 is 34.6 Å². The van der Waals surface area contributed by atoms with Crippen molar-refractivity contribution in [1.82, 2.24) is 0 Å². The standard InChI is InChI=1S/C15H17NO3S/c1-8-6-12(18)16(14(8)19)10-7-11(15(3,4)5)20-13(10)9(2)17/h6-7H,1-5H3. The van der Waals surface area contributed by atoms with Crippen LogP contribution in [0.1, 0.15) is 49.2 Å². The minimum atomic E-state index is -0.381. The minimum Gasteiger partial charge on any atom is -0.294 e. The second-order valence-corrected chi connectivity index (χ2v) is 6.99. The smallest absolute Gasteiger partial charge is 0.261 e. The Kier molecular flexibility index (Phi) is 3.42. The Morgan fingerprint density at radius 2 is 1.85 bits per heavy atom. The molecule has 0 unspecified atom stereocenters. The predicted octanol–water partition coefficient (Wildman–Crippen LogP) is 3.07. The van der Waals surface area contributed by atoms with E-state index in [9.17, 15) is 14.4 Å². The largest absolute Gasteiger partial charge is 0.294 e. The SMILES string of the molecule is CC(=O)c1sc(C(C)(C)C)cc1N1C(=O)C=C(C)C1=O. The number of imide groups is 1. The number of carbonyl (C=O) groups excluding carboxylic acids is 3. The van der Waals surface area contributed by atoms with Gasteiger partial charge >= 0.3 is 0 Å². The molecule has 1 aliphatic heterocycles. The molecule has 0 saturated carbocycles. The molecule has 0 aliphatic carbocycles. The molecule has 4 nitrogen and oxygen atoms in total. The third kappa shape index (κ3) is 2.33. The first-order valence-corrected chi connectivity index (χ1v) is 7.16. The molecule has 0 fully saturated rings. The number of carbonyl (C=O) groups is 3. The van der Waals surface area contributed by atoms with Crippen LogP contribution < -0.4 is 4.90 Å². The minimum absolute atomic E-state index is 0.134. The number of hydrogen-bond acceptors (Lipinski definition) is 4. The van der Waals surface area contributed by atoms with Crippen LogP contribution in [0.25, 0.3) is 0 Å². The molecular formula is C15H17NO3S. The zero-order valence-corrected chi connectivity index (χ0v) is 13.1. The molecule has 0 atom stereocenters. The van der Waals surface area contributed by atoms with Crippen LogP contribution in [0.15, 0.2) is 17.7 Å². The summed E-state index contributed by atoms with van der Waals surface area (Å²) in [7, 11) is 0. The van der Waals surface area contributed by atoms with Gasteiger partial charge in [-0.1, -0.05) is 20.8 Å². The second kappa shape index (κ2) is 4.66. The lowest BCUT2D eigenvalue weighted by Gasteiger charge is -2.16. The summed E-state index contributed by atoms with van der Waals surface area (Å²) in [6.07, 6.45) is 1.31. The van der Waals surface area contributed by atoms with E-state index in [1.807, 2.05) is 20.8 Å². The summed E-state index contributed by atoms with van der Waals surface area (Å²) in [6, 6.07) is 1.78. The van der Waals surface area contributed by atoms with Crippen molar-refractivity contribution in [2.45, 2.75) is 40.0 Å². The van der Waals surface area contributed by atoms with Gasteiger partial charge in [0.2, 0.25) is 0 Å². The van der Waals surface area contributed by atoms with Gasteiger partial charge in [-0.2, -0.15) is 0 Å². The van der Waals surface area contributed by atoms with E-state index in [1.54, 1.807) is 13.0 Å². The van der Waals surface area contributed by atoms with E-state index < -0.39 is 0 Å². The number of rotatable bonds is 2. The van der Waals surface area contributed by atoms with Crippen LogP contribution in [0, 0.1) is 0 Å². The van der Waals surface area contributed by atoms with Crippen LogP contribution in [-0.2, 0) is 15.0 Å². The molecule has 0 N–H and O–H groups in total. The van der Waals surface area contributed by atoms with Crippen molar-refractivity contribution in [3.63, 3.8) is 0 Å². The summed E-state index contributed by atoms with van der Waals surface area (Å²) in [6.45, 7) is 9.15. The van der Waals surface area contributed by atoms with E-state index >= 15 is 0 Å². The van der Waals surface area contributed by atoms with Crippen molar-refractivity contribution in [1.29, 1.82) is 0 Å². The molecule has 1 aliphatic rings. The van der Waals surface area contributed by atoms with E-state index in [0.29, 0.717) is 16.1 Å². The summed E-state index contributed by atoms with van der Waals surface area (Å²) in [4.78, 5) is 38.4. The molecule has 2 rings (SSSR count). The third-order valence-electron chi connectivity index (χ3n) is 3.11. The average molecular weight is 291 g/mol. The van der Waals surface area contributed by atoms with Crippen molar-refractivity contribution < 1.29 is 14.4 Å². The molecule has 0 aromatic carbocycles. The van der Waals surface area contributed by atoms with Gasteiger partial charge in [0.15, 0.2) is 5.78 Å². The lowest BCUT2D eigenvalue weighted by Crippen LogP contribution is -2.31. The Morgan fingerprint density at radius 3 is 2.25 bits per heavy atom. The number of amides is 2. The Labute approximate surface area is 122 Å². The van der Waals surface area contributed by atoms with Crippen molar-refractivity contribution in [2.24, 2.45) is 0 Å². The highest BCUT2D eigenvalue weighted by molar-refractivity contribution is 7.15. The molecule has 0 saturated heterocycles. The fourth-order valence-corrected chi connectivity index (χ4v) is 3.08. The Morgan fingerprint density at radius 1 is 1.25 bits per heavy atom. The molecule has 1 aromatic rings. The maximum atomic E-state index is 12.1. The quantitative estimate of drug-likeness (QED) is 0.621. The van der Waals surface area contributed by atoms with Gasteiger partial charge in [0.05, 0.1) is 10.6 Å². The molecule has 20 heavy (non-hydrogen) atoms. The molecule has 5 heteroatoms. The van der Waals surface area contributed by atoms with Gasteiger partial charge < -0.3 is 0 Å². The Hall–Kier alpha value is -1.75. The van der Waals surface area contributed by atoms with Gasteiger partial charge in [-0.05, 0) is 18.4 Å². The predicted molar refractivity (Wildman–Crippen MR) is 79.3 cm³/mol. The van der Waals surface area contributed by atoms with Crippen molar-refractivity contribution in [3.05, 3.63) is 27.5 Å². The fraction of sp³-hybridized carbons (Fsp3) is 0.400. The van der Waals surface area contributed by atoms with Crippen molar-refractivity contribution in [2.75, 3.05) is 4.90 Å². The number of anilines is 1. The first-order valence-electron chi connectivity index (χ1n) is 6.35. The number of hydrogen-bond donors (Lipinski definition) is 0. The zero-order valence-electron chi connectivity index (χ0n) is 12.2. The summed E-state index contributed by atoms with van der Waals surface area (Å²) in [5.74, 6) is -0.866. The molecule has 2 heterocycles. The van der Waals surface area contributed by atoms with Gasteiger partial charge in [0.1, 0.15) is 0 Å². The lowest BCUT2D eigenvalue weighted by atomic mass is 9.94. The Bertz CT molecular complexity index is 647. The van der Waals surface area contributed by atoms with Gasteiger partial charge in [0.25, 0.3) is 11.8 Å². The van der Waals surface area contributed by atoms with Crippen LogP contribution >= 0.6 is 11.3 Å². The summed E-state index contributed by atoms with van der Waals surface area (Å²) < 4.78 is 0. The first kappa shape index (κ1) is 14.7. The number of thiophene rings is 1. The second-order valence-electron chi connectivity index (χ2n) is 5.94. The van der Waals surface area contributed by atoms with Crippen LogP contribution in [0.5, 0.6) is 0 Å². The maximum absolute atomic E-state index is 12.1. The monoisotopic (exact) mass is 291 g/mol.